The molecule has 5 saturated carbocycles. The van der Waals surface area contributed by atoms with Gasteiger partial charge in [-0.2, -0.15) is 0 Å². The summed E-state index contributed by atoms with van der Waals surface area (Å²) in [5.41, 5.74) is 0.857. The van der Waals surface area contributed by atoms with Crippen molar-refractivity contribution in [3.8, 4) is 0 Å². The Labute approximate surface area is 131 Å². The van der Waals surface area contributed by atoms with Gasteiger partial charge in [-0.25, -0.2) is 0 Å². The minimum absolute atomic E-state index is 0.857. The van der Waals surface area contributed by atoms with Crippen LogP contribution in [0, 0.1) is 40.9 Å². The van der Waals surface area contributed by atoms with Crippen molar-refractivity contribution in [1.82, 2.24) is 0 Å². The molecular formula is C21H34. The second-order valence-corrected chi connectivity index (χ2v) is 9.56. The van der Waals surface area contributed by atoms with Gasteiger partial charge in [0.05, 0.1) is 0 Å². The molecule has 0 aliphatic heterocycles. The monoisotopic (exact) mass is 286 g/mol. The molecule has 5 aliphatic carbocycles. The summed E-state index contributed by atoms with van der Waals surface area (Å²) in [6, 6.07) is 0. The van der Waals surface area contributed by atoms with Gasteiger partial charge < -0.3 is 0 Å². The van der Waals surface area contributed by atoms with Gasteiger partial charge in [0.15, 0.2) is 0 Å². The van der Waals surface area contributed by atoms with Crippen LogP contribution in [0.15, 0.2) is 0 Å². The van der Waals surface area contributed by atoms with E-state index in [1.54, 1.807) is 89.9 Å². The molecule has 0 aromatic heterocycles. The Morgan fingerprint density at radius 3 is 1.43 bits per heavy atom. The first-order chi connectivity index (χ1) is 10.4. The molecule has 0 N–H and O–H groups in total. The minimum Gasteiger partial charge on any atom is -0.0530 e. The summed E-state index contributed by atoms with van der Waals surface area (Å²) in [6.45, 7) is 0. The van der Waals surface area contributed by atoms with E-state index in [9.17, 15) is 0 Å². The van der Waals surface area contributed by atoms with E-state index in [0.29, 0.717) is 0 Å². The molecule has 0 amide bonds. The second-order valence-electron chi connectivity index (χ2n) is 9.56. The van der Waals surface area contributed by atoms with Crippen LogP contribution < -0.4 is 0 Å². The average molecular weight is 287 g/mol. The fourth-order valence-corrected chi connectivity index (χ4v) is 8.53. The van der Waals surface area contributed by atoms with Crippen LogP contribution in [-0.2, 0) is 0 Å². The van der Waals surface area contributed by atoms with Crippen molar-refractivity contribution in [2.45, 2.75) is 89.9 Å². The van der Waals surface area contributed by atoms with E-state index < -0.39 is 0 Å². The molecule has 21 heavy (non-hydrogen) atoms. The average Bonchev–Trinajstić information content (AvgIpc) is 3.06. The molecular weight excluding hydrogens is 252 g/mol. The third kappa shape index (κ3) is 1.86. The maximum atomic E-state index is 1.68. The lowest BCUT2D eigenvalue weighted by atomic mass is 9.64. The third-order valence-electron chi connectivity index (χ3n) is 9.02. The molecule has 6 atom stereocenters. The fourth-order valence-electron chi connectivity index (χ4n) is 8.53. The van der Waals surface area contributed by atoms with Gasteiger partial charge in [0.25, 0.3) is 0 Å². The summed E-state index contributed by atoms with van der Waals surface area (Å²) in [6.07, 6.45) is 22.4. The fraction of sp³-hybridized carbons (Fsp3) is 1.00. The van der Waals surface area contributed by atoms with Crippen LogP contribution in [0.5, 0.6) is 0 Å². The minimum atomic E-state index is 0.857. The molecule has 5 rings (SSSR count). The first kappa shape index (κ1) is 13.4. The Bertz CT molecular complexity index is 359. The lowest BCUT2D eigenvalue weighted by Crippen LogP contribution is -2.33. The maximum Gasteiger partial charge on any atom is -0.0230 e. The van der Waals surface area contributed by atoms with Crippen LogP contribution in [0.2, 0.25) is 0 Å². The van der Waals surface area contributed by atoms with E-state index in [0.717, 1.165) is 17.3 Å². The highest BCUT2D eigenvalue weighted by Crippen LogP contribution is 2.71. The molecule has 0 heterocycles. The standard InChI is InChI=1S/C21H34/c1-2-8-16-14-21(13-15(16)7-1)19-11-5-3-9-17(19)18-10-4-6-12-20(18)21/h15-20H,1-14H2. The lowest BCUT2D eigenvalue weighted by molar-refractivity contribution is 0.0796. The summed E-state index contributed by atoms with van der Waals surface area (Å²) < 4.78 is 0. The van der Waals surface area contributed by atoms with Crippen LogP contribution in [0.1, 0.15) is 89.9 Å². The van der Waals surface area contributed by atoms with E-state index in [-0.39, 0.29) is 0 Å². The van der Waals surface area contributed by atoms with Crippen LogP contribution in [0.4, 0.5) is 0 Å². The van der Waals surface area contributed by atoms with E-state index in [1.807, 2.05) is 0 Å². The smallest absolute Gasteiger partial charge is 0.0230 e. The Morgan fingerprint density at radius 2 is 0.905 bits per heavy atom. The predicted octanol–water partition coefficient (Wildman–Crippen LogP) is 6.20. The highest BCUT2D eigenvalue weighted by atomic mass is 14.7. The molecule has 6 unspecified atom stereocenters. The highest BCUT2D eigenvalue weighted by molar-refractivity contribution is 5.12. The molecule has 0 heteroatoms. The van der Waals surface area contributed by atoms with E-state index in [1.165, 1.54) is 23.7 Å². The van der Waals surface area contributed by atoms with E-state index in [2.05, 4.69) is 0 Å². The number of hydrogen-bond acceptors (Lipinski definition) is 0. The summed E-state index contributed by atoms with van der Waals surface area (Å²) >= 11 is 0. The third-order valence-corrected chi connectivity index (χ3v) is 9.02. The van der Waals surface area contributed by atoms with Crippen LogP contribution >= 0.6 is 0 Å². The van der Waals surface area contributed by atoms with E-state index >= 15 is 0 Å². The Morgan fingerprint density at radius 1 is 0.476 bits per heavy atom. The molecule has 5 fully saturated rings. The van der Waals surface area contributed by atoms with Crippen molar-refractivity contribution in [3.63, 3.8) is 0 Å². The zero-order valence-corrected chi connectivity index (χ0v) is 13.9. The lowest BCUT2D eigenvalue weighted by Gasteiger charge is -2.41. The predicted molar refractivity (Wildman–Crippen MR) is 88.0 cm³/mol. The Kier molecular flexibility index (Phi) is 3.20. The zero-order valence-electron chi connectivity index (χ0n) is 13.9. The van der Waals surface area contributed by atoms with Gasteiger partial charge in [0.2, 0.25) is 0 Å². The van der Waals surface area contributed by atoms with Gasteiger partial charge in [-0.3, -0.25) is 0 Å². The summed E-state index contributed by atoms with van der Waals surface area (Å²) in [7, 11) is 0. The highest BCUT2D eigenvalue weighted by Gasteiger charge is 2.63. The van der Waals surface area contributed by atoms with E-state index in [4.69, 9.17) is 0 Å². The maximum absolute atomic E-state index is 1.68. The van der Waals surface area contributed by atoms with Crippen molar-refractivity contribution in [1.29, 1.82) is 0 Å². The van der Waals surface area contributed by atoms with Crippen molar-refractivity contribution in [2.24, 2.45) is 40.9 Å². The molecule has 0 aromatic carbocycles. The van der Waals surface area contributed by atoms with Crippen molar-refractivity contribution >= 4 is 0 Å². The molecule has 0 saturated heterocycles. The van der Waals surface area contributed by atoms with Gasteiger partial charge in [0.1, 0.15) is 0 Å². The first-order valence-corrected chi connectivity index (χ1v) is 10.4. The Balaban J connectivity index is 1.51. The molecule has 0 nitrogen and oxygen atoms in total. The van der Waals surface area contributed by atoms with Crippen molar-refractivity contribution < 1.29 is 0 Å². The first-order valence-electron chi connectivity index (χ1n) is 10.4. The van der Waals surface area contributed by atoms with Gasteiger partial charge in [0, 0.05) is 0 Å². The summed E-state index contributed by atoms with van der Waals surface area (Å²) in [5, 5.41) is 0. The summed E-state index contributed by atoms with van der Waals surface area (Å²) in [4.78, 5) is 0. The topological polar surface area (TPSA) is 0 Å². The Hall–Kier alpha value is 0. The van der Waals surface area contributed by atoms with Gasteiger partial charge in [-0.05, 0) is 79.4 Å². The van der Waals surface area contributed by atoms with Crippen molar-refractivity contribution in [3.05, 3.63) is 0 Å². The molecule has 0 aromatic rings. The molecule has 118 valence electrons. The number of hydrogen-bond donors (Lipinski definition) is 0. The zero-order chi connectivity index (χ0) is 13.9. The molecule has 1 spiro atoms. The number of fused-ring (bicyclic) bond motifs is 6. The molecule has 0 radical (unpaired) electrons. The molecule has 5 aliphatic rings. The van der Waals surface area contributed by atoms with Gasteiger partial charge in [-0.1, -0.05) is 51.4 Å². The van der Waals surface area contributed by atoms with Crippen LogP contribution in [0.25, 0.3) is 0 Å². The SMILES string of the molecule is C1CCC2CC3(CC2C1)C1CCCCC1C1CCCCC13. The van der Waals surface area contributed by atoms with Crippen molar-refractivity contribution in [2.75, 3.05) is 0 Å². The van der Waals surface area contributed by atoms with Crippen LogP contribution in [0.3, 0.4) is 0 Å². The summed E-state index contributed by atoms with van der Waals surface area (Å²) in [5.74, 6) is 6.99. The number of rotatable bonds is 0. The second kappa shape index (κ2) is 5.00. The molecule has 0 bridgehead atoms. The largest absolute Gasteiger partial charge is 0.0530 e. The normalized spacial score (nSPS) is 56.0. The van der Waals surface area contributed by atoms with Crippen LogP contribution in [-0.4, -0.2) is 0 Å². The quantitative estimate of drug-likeness (QED) is 0.497. The van der Waals surface area contributed by atoms with Gasteiger partial charge in [-0.15, -0.1) is 0 Å². The van der Waals surface area contributed by atoms with Gasteiger partial charge >= 0.3 is 0 Å².